The first-order chi connectivity index (χ1) is 14.2. The summed E-state index contributed by atoms with van der Waals surface area (Å²) in [5.41, 5.74) is 0. The van der Waals surface area contributed by atoms with Crippen LogP contribution in [0.15, 0.2) is 27.8 Å². The molecule has 2 saturated heterocycles. The van der Waals surface area contributed by atoms with E-state index in [1.165, 1.54) is 45.4 Å². The van der Waals surface area contributed by atoms with Crippen molar-refractivity contribution in [2.45, 2.75) is 32.2 Å². The number of likely N-dealkylation sites (N-methyl/N-ethyl adjacent to an activating group) is 1. The fourth-order valence-electron chi connectivity index (χ4n) is 4.34. The zero-order valence-electron chi connectivity index (χ0n) is 19.0. The maximum absolute atomic E-state index is 5.75. The van der Waals surface area contributed by atoms with Crippen LogP contribution in [0.1, 0.15) is 38.0 Å². The van der Waals surface area contributed by atoms with E-state index in [1.807, 2.05) is 13.1 Å². The van der Waals surface area contributed by atoms with E-state index in [-0.39, 0.29) is 30.0 Å². The quantitative estimate of drug-likeness (QED) is 0.305. The van der Waals surface area contributed by atoms with E-state index in [0.29, 0.717) is 5.92 Å². The van der Waals surface area contributed by atoms with Gasteiger partial charge in [0.2, 0.25) is 0 Å². The molecule has 172 valence electrons. The molecule has 8 heteroatoms. The molecule has 0 amide bonds. The largest absolute Gasteiger partial charge is 0.468 e. The molecule has 0 saturated carbocycles. The highest BCUT2D eigenvalue weighted by atomic mass is 127. The number of nitrogens with one attached hydrogen (secondary N) is 2. The average molecular weight is 533 g/mol. The lowest BCUT2D eigenvalue weighted by Crippen LogP contribution is -2.48. The number of hydrogen-bond donors (Lipinski definition) is 2. The second kappa shape index (κ2) is 13.5. The molecule has 1 aromatic rings. The Kier molecular flexibility index (Phi) is 11.5. The van der Waals surface area contributed by atoms with Crippen LogP contribution in [0.3, 0.4) is 0 Å². The van der Waals surface area contributed by atoms with E-state index in [9.17, 15) is 0 Å². The summed E-state index contributed by atoms with van der Waals surface area (Å²) in [5, 5.41) is 7.06. The Morgan fingerprint density at radius 1 is 1.07 bits per heavy atom. The van der Waals surface area contributed by atoms with Gasteiger partial charge in [-0.1, -0.05) is 13.3 Å². The molecule has 2 atom stereocenters. The Morgan fingerprint density at radius 2 is 1.77 bits per heavy atom. The van der Waals surface area contributed by atoms with Gasteiger partial charge in [-0.05, 0) is 51.0 Å². The summed E-state index contributed by atoms with van der Waals surface area (Å²) >= 11 is 0. The molecule has 7 nitrogen and oxygen atoms in total. The van der Waals surface area contributed by atoms with Gasteiger partial charge in [0.25, 0.3) is 0 Å². The maximum atomic E-state index is 5.75. The Bertz CT molecular complexity index is 597. The fraction of sp³-hybridized carbons (Fsp3) is 0.773. The van der Waals surface area contributed by atoms with Crippen LogP contribution in [0.25, 0.3) is 0 Å². The number of piperidine rings is 1. The van der Waals surface area contributed by atoms with Crippen molar-refractivity contribution < 1.29 is 4.42 Å². The molecule has 3 rings (SSSR count). The SMILES string of the molecule is CN=C(NCC(C)CN1CCN(C)CC1)NCC(c1ccco1)N1CCCCC1.I. The first kappa shape index (κ1) is 25.4. The fourth-order valence-corrected chi connectivity index (χ4v) is 4.34. The number of nitrogens with zero attached hydrogens (tertiary/aromatic N) is 4. The van der Waals surface area contributed by atoms with Gasteiger partial charge in [0.15, 0.2) is 5.96 Å². The van der Waals surface area contributed by atoms with Gasteiger partial charge in [-0.25, -0.2) is 0 Å². The number of furan rings is 1. The molecule has 0 bridgehead atoms. The van der Waals surface area contributed by atoms with Gasteiger partial charge >= 0.3 is 0 Å². The Balaban J connectivity index is 0.00000320. The van der Waals surface area contributed by atoms with E-state index in [4.69, 9.17) is 4.42 Å². The average Bonchev–Trinajstić information content (AvgIpc) is 3.27. The summed E-state index contributed by atoms with van der Waals surface area (Å²) in [5.74, 6) is 2.50. The van der Waals surface area contributed by atoms with Gasteiger partial charge in [-0.2, -0.15) is 0 Å². The molecular formula is C22H41IN6O. The van der Waals surface area contributed by atoms with Crippen molar-refractivity contribution in [1.29, 1.82) is 0 Å². The van der Waals surface area contributed by atoms with Crippen LogP contribution >= 0.6 is 24.0 Å². The minimum Gasteiger partial charge on any atom is -0.468 e. The zero-order valence-corrected chi connectivity index (χ0v) is 21.3. The number of likely N-dealkylation sites (tertiary alicyclic amines) is 1. The van der Waals surface area contributed by atoms with Crippen molar-refractivity contribution in [3.8, 4) is 0 Å². The third kappa shape index (κ3) is 8.01. The maximum Gasteiger partial charge on any atom is 0.191 e. The van der Waals surface area contributed by atoms with Crippen molar-refractivity contribution in [1.82, 2.24) is 25.3 Å². The van der Waals surface area contributed by atoms with E-state index in [2.05, 4.69) is 50.4 Å². The summed E-state index contributed by atoms with van der Waals surface area (Å²) in [7, 11) is 4.06. The van der Waals surface area contributed by atoms with Gasteiger partial charge in [-0.3, -0.25) is 9.89 Å². The van der Waals surface area contributed by atoms with E-state index < -0.39 is 0 Å². The molecule has 2 fully saturated rings. The third-order valence-corrected chi connectivity index (χ3v) is 6.17. The molecular weight excluding hydrogens is 491 g/mol. The van der Waals surface area contributed by atoms with Crippen LogP contribution in [-0.2, 0) is 0 Å². The standard InChI is InChI=1S/C22H40N6O.HI/c1-19(18-27-13-11-26(3)12-14-27)16-24-22(23-2)25-17-20(21-8-7-15-29-21)28-9-5-4-6-10-28;/h7-8,15,19-20H,4-6,9-14,16-18H2,1-3H3,(H2,23,24,25);1H. The molecule has 0 aromatic carbocycles. The van der Waals surface area contributed by atoms with Gasteiger partial charge in [-0.15, -0.1) is 24.0 Å². The second-order valence-corrected chi connectivity index (χ2v) is 8.67. The van der Waals surface area contributed by atoms with Crippen molar-refractivity contribution in [2.24, 2.45) is 10.9 Å². The Labute approximate surface area is 199 Å². The highest BCUT2D eigenvalue weighted by Gasteiger charge is 2.24. The minimum atomic E-state index is 0. The van der Waals surface area contributed by atoms with Crippen LogP contribution in [-0.4, -0.2) is 93.7 Å². The van der Waals surface area contributed by atoms with Gasteiger partial charge < -0.3 is 24.9 Å². The van der Waals surface area contributed by atoms with Gasteiger partial charge in [0.05, 0.1) is 12.3 Å². The third-order valence-electron chi connectivity index (χ3n) is 6.17. The molecule has 1 aromatic heterocycles. The smallest absolute Gasteiger partial charge is 0.191 e. The molecule has 0 spiro atoms. The summed E-state index contributed by atoms with van der Waals surface area (Å²) < 4.78 is 5.75. The molecule has 30 heavy (non-hydrogen) atoms. The molecule has 0 aliphatic carbocycles. The predicted octanol–water partition coefficient (Wildman–Crippen LogP) is 2.47. The number of piperazine rings is 1. The zero-order chi connectivity index (χ0) is 20.5. The molecule has 0 radical (unpaired) electrons. The van der Waals surface area contributed by atoms with Crippen LogP contribution in [0.4, 0.5) is 0 Å². The molecule has 2 unspecified atom stereocenters. The highest BCUT2D eigenvalue weighted by molar-refractivity contribution is 14.0. The molecule has 2 N–H and O–H groups in total. The second-order valence-electron chi connectivity index (χ2n) is 8.67. The minimum absolute atomic E-state index is 0. The highest BCUT2D eigenvalue weighted by Crippen LogP contribution is 2.24. The van der Waals surface area contributed by atoms with Crippen molar-refractivity contribution in [3.63, 3.8) is 0 Å². The predicted molar refractivity (Wildman–Crippen MR) is 135 cm³/mol. The Morgan fingerprint density at radius 3 is 2.40 bits per heavy atom. The Hall–Kier alpha value is -0.840. The summed E-state index contributed by atoms with van der Waals surface area (Å²) in [6.45, 7) is 12.2. The van der Waals surface area contributed by atoms with Crippen molar-refractivity contribution in [3.05, 3.63) is 24.2 Å². The summed E-state index contributed by atoms with van der Waals surface area (Å²) in [6.07, 6.45) is 5.66. The van der Waals surface area contributed by atoms with Crippen LogP contribution in [0.5, 0.6) is 0 Å². The van der Waals surface area contributed by atoms with Gasteiger partial charge in [0, 0.05) is 52.9 Å². The van der Waals surface area contributed by atoms with Crippen molar-refractivity contribution >= 4 is 29.9 Å². The molecule has 3 heterocycles. The van der Waals surface area contributed by atoms with E-state index in [1.54, 1.807) is 6.26 Å². The number of rotatable bonds is 8. The lowest BCUT2D eigenvalue weighted by Gasteiger charge is -2.34. The summed E-state index contributed by atoms with van der Waals surface area (Å²) in [4.78, 5) is 12.0. The molecule has 2 aliphatic rings. The van der Waals surface area contributed by atoms with Crippen LogP contribution in [0, 0.1) is 5.92 Å². The van der Waals surface area contributed by atoms with E-state index in [0.717, 1.165) is 44.4 Å². The topological polar surface area (TPSA) is 59.3 Å². The first-order valence-electron chi connectivity index (χ1n) is 11.3. The molecule has 2 aliphatic heterocycles. The van der Waals surface area contributed by atoms with Gasteiger partial charge in [0.1, 0.15) is 5.76 Å². The number of guanidine groups is 1. The lowest BCUT2D eigenvalue weighted by molar-refractivity contribution is 0.139. The number of aliphatic imine (C=N–C) groups is 1. The van der Waals surface area contributed by atoms with Crippen LogP contribution in [0.2, 0.25) is 0 Å². The summed E-state index contributed by atoms with van der Waals surface area (Å²) in [6, 6.07) is 4.33. The normalized spacial score (nSPS) is 21.6. The number of hydrogen-bond acceptors (Lipinski definition) is 5. The van der Waals surface area contributed by atoms with E-state index >= 15 is 0 Å². The van der Waals surface area contributed by atoms with Crippen LogP contribution < -0.4 is 10.6 Å². The monoisotopic (exact) mass is 532 g/mol. The van der Waals surface area contributed by atoms with Crippen molar-refractivity contribution in [2.75, 3.05) is 73.0 Å². The number of halogens is 1. The lowest BCUT2D eigenvalue weighted by atomic mass is 10.1. The first-order valence-corrected chi connectivity index (χ1v) is 11.3.